The number of hydrogen-bond donors (Lipinski definition) is 3. The number of rotatable bonds is 5. The molecule has 1 aromatic carbocycles. The Balaban J connectivity index is 2.22. The minimum Gasteiger partial charge on any atom is -0.383 e. The van der Waals surface area contributed by atoms with E-state index in [4.69, 9.17) is 5.73 Å². The van der Waals surface area contributed by atoms with Gasteiger partial charge in [-0.05, 0) is 11.6 Å². The van der Waals surface area contributed by atoms with Gasteiger partial charge >= 0.3 is 0 Å². The molecule has 1 aromatic heterocycles. The Labute approximate surface area is 122 Å². The summed E-state index contributed by atoms with van der Waals surface area (Å²) in [7, 11) is 0. The highest BCUT2D eigenvalue weighted by atomic mass is 32.2. The topological polar surface area (TPSA) is 83.8 Å². The van der Waals surface area contributed by atoms with E-state index in [0.29, 0.717) is 11.2 Å². The number of aromatic nitrogens is 2. The third kappa shape index (κ3) is 4.11. The molecule has 0 atom stereocenters. The van der Waals surface area contributed by atoms with E-state index >= 15 is 0 Å². The molecule has 106 valence electrons. The molecule has 0 saturated carbocycles. The molecule has 2 aromatic rings. The van der Waals surface area contributed by atoms with Crippen LogP contribution in [0.2, 0.25) is 0 Å². The number of aromatic amines is 1. The van der Waals surface area contributed by atoms with Crippen LogP contribution >= 0.6 is 11.8 Å². The summed E-state index contributed by atoms with van der Waals surface area (Å²) < 4.78 is 0. The normalized spacial score (nSPS) is 10.9. The van der Waals surface area contributed by atoms with Crippen LogP contribution in [0, 0.1) is 0 Å². The quantitative estimate of drug-likeness (QED) is 0.734. The molecule has 0 spiro atoms. The summed E-state index contributed by atoms with van der Waals surface area (Å²) in [5.41, 5.74) is 6.52. The fraction of sp³-hybridized carbons (Fsp3) is 0.286. The van der Waals surface area contributed by atoms with Gasteiger partial charge in [-0.1, -0.05) is 43.8 Å². The number of hydrogen-bond acceptors (Lipinski definition) is 5. The number of nitrogens with zero attached hydrogens (tertiary/aromatic N) is 1. The van der Waals surface area contributed by atoms with E-state index in [-0.39, 0.29) is 11.4 Å². The zero-order valence-electron chi connectivity index (χ0n) is 11.5. The monoisotopic (exact) mass is 290 g/mol. The highest BCUT2D eigenvalue weighted by Gasteiger charge is 2.07. The van der Waals surface area contributed by atoms with Crippen LogP contribution in [0.15, 0.2) is 45.2 Å². The molecule has 1 heterocycles. The highest BCUT2D eigenvalue weighted by molar-refractivity contribution is 7.99. The van der Waals surface area contributed by atoms with Gasteiger partial charge in [0, 0.05) is 23.5 Å². The lowest BCUT2D eigenvalue weighted by Crippen LogP contribution is -2.22. The van der Waals surface area contributed by atoms with E-state index in [2.05, 4.69) is 35.2 Å². The maximum absolute atomic E-state index is 11.4. The van der Waals surface area contributed by atoms with Gasteiger partial charge in [-0.2, -0.15) is 0 Å². The average Bonchev–Trinajstić information content (AvgIpc) is 2.36. The predicted molar refractivity (Wildman–Crippen MR) is 81.8 cm³/mol. The van der Waals surface area contributed by atoms with E-state index < -0.39 is 0 Å². The first-order valence-corrected chi connectivity index (χ1v) is 7.22. The van der Waals surface area contributed by atoms with Gasteiger partial charge in [0.25, 0.3) is 5.56 Å². The second-order valence-corrected chi connectivity index (χ2v) is 5.75. The lowest BCUT2D eigenvalue weighted by Gasteiger charge is -2.11. The lowest BCUT2D eigenvalue weighted by molar-refractivity contribution is 0.584. The largest absolute Gasteiger partial charge is 0.383 e. The Morgan fingerprint density at radius 3 is 2.85 bits per heavy atom. The molecule has 0 saturated heterocycles. The van der Waals surface area contributed by atoms with Gasteiger partial charge in [-0.3, -0.25) is 4.79 Å². The first-order chi connectivity index (χ1) is 9.54. The molecule has 0 aliphatic rings. The van der Waals surface area contributed by atoms with Gasteiger partial charge < -0.3 is 16.0 Å². The minimum absolute atomic E-state index is 0.231. The summed E-state index contributed by atoms with van der Waals surface area (Å²) in [6.45, 7) is 4.98. The minimum atomic E-state index is -0.238. The second kappa shape index (κ2) is 6.58. The number of nitrogens with one attached hydrogen (secondary N) is 2. The lowest BCUT2D eigenvalue weighted by atomic mass is 10.2. The van der Waals surface area contributed by atoms with E-state index in [1.165, 1.54) is 17.8 Å². The summed E-state index contributed by atoms with van der Waals surface area (Å²) in [6, 6.07) is 9.71. The SMILES string of the molecule is CC(C)NCc1ccccc1Sc1nc(N)cc(=O)[nH]1. The Morgan fingerprint density at radius 2 is 2.15 bits per heavy atom. The molecule has 0 unspecified atom stereocenters. The summed E-state index contributed by atoms with van der Waals surface area (Å²) in [5.74, 6) is 0.231. The van der Waals surface area contributed by atoms with Crippen LogP contribution in [0.5, 0.6) is 0 Å². The Bertz CT molecular complexity index is 639. The van der Waals surface area contributed by atoms with Gasteiger partial charge in [0.05, 0.1) is 0 Å². The van der Waals surface area contributed by atoms with Crippen molar-refractivity contribution in [2.75, 3.05) is 5.73 Å². The van der Waals surface area contributed by atoms with Crippen molar-refractivity contribution in [3.63, 3.8) is 0 Å². The van der Waals surface area contributed by atoms with Crippen LogP contribution in [-0.4, -0.2) is 16.0 Å². The molecule has 0 amide bonds. The fourth-order valence-electron chi connectivity index (χ4n) is 1.67. The van der Waals surface area contributed by atoms with Gasteiger partial charge in [0.15, 0.2) is 5.16 Å². The first kappa shape index (κ1) is 14.6. The van der Waals surface area contributed by atoms with Crippen molar-refractivity contribution in [1.82, 2.24) is 15.3 Å². The predicted octanol–water partition coefficient (Wildman–Crippen LogP) is 2.00. The average molecular weight is 290 g/mol. The molecule has 20 heavy (non-hydrogen) atoms. The van der Waals surface area contributed by atoms with Gasteiger partial charge in [-0.25, -0.2) is 4.98 Å². The Hall–Kier alpha value is -1.79. The van der Waals surface area contributed by atoms with Crippen molar-refractivity contribution in [3.8, 4) is 0 Å². The number of benzene rings is 1. The number of nitrogens with two attached hydrogens (primary N) is 1. The van der Waals surface area contributed by atoms with Crippen LogP contribution in [-0.2, 0) is 6.54 Å². The standard InChI is InChI=1S/C14H18N4OS/c1-9(2)16-8-10-5-3-4-6-11(10)20-14-17-12(15)7-13(19)18-14/h3-7,9,16H,8H2,1-2H3,(H3,15,17,18,19). The van der Waals surface area contributed by atoms with Crippen LogP contribution < -0.4 is 16.6 Å². The van der Waals surface area contributed by atoms with E-state index in [1.807, 2.05) is 18.2 Å². The highest BCUT2D eigenvalue weighted by Crippen LogP contribution is 2.27. The zero-order chi connectivity index (χ0) is 14.5. The van der Waals surface area contributed by atoms with Crippen LogP contribution in [0.1, 0.15) is 19.4 Å². The molecule has 2 rings (SSSR count). The van der Waals surface area contributed by atoms with Crippen molar-refractivity contribution < 1.29 is 0 Å². The molecule has 0 fully saturated rings. The van der Waals surface area contributed by atoms with Crippen molar-refractivity contribution in [2.45, 2.75) is 36.5 Å². The molecule has 6 heteroatoms. The third-order valence-electron chi connectivity index (χ3n) is 2.62. The first-order valence-electron chi connectivity index (χ1n) is 6.40. The molecular formula is C14H18N4OS. The van der Waals surface area contributed by atoms with Crippen molar-refractivity contribution in [2.24, 2.45) is 0 Å². The number of nitrogen functional groups attached to an aromatic ring is 1. The van der Waals surface area contributed by atoms with Crippen LogP contribution in [0.4, 0.5) is 5.82 Å². The molecule has 0 bridgehead atoms. The molecular weight excluding hydrogens is 272 g/mol. The Kier molecular flexibility index (Phi) is 4.81. The second-order valence-electron chi connectivity index (χ2n) is 4.72. The summed E-state index contributed by atoms with van der Waals surface area (Å²) in [4.78, 5) is 19.3. The zero-order valence-corrected chi connectivity index (χ0v) is 12.3. The number of anilines is 1. The van der Waals surface area contributed by atoms with Crippen LogP contribution in [0.25, 0.3) is 0 Å². The van der Waals surface area contributed by atoms with E-state index in [0.717, 1.165) is 17.0 Å². The summed E-state index contributed by atoms with van der Waals surface area (Å²) >= 11 is 1.41. The van der Waals surface area contributed by atoms with Crippen LogP contribution in [0.3, 0.4) is 0 Å². The molecule has 5 nitrogen and oxygen atoms in total. The van der Waals surface area contributed by atoms with E-state index in [9.17, 15) is 4.79 Å². The molecule has 4 N–H and O–H groups in total. The number of H-pyrrole nitrogens is 1. The van der Waals surface area contributed by atoms with E-state index in [1.54, 1.807) is 0 Å². The maximum Gasteiger partial charge on any atom is 0.253 e. The fourth-order valence-corrected chi connectivity index (χ4v) is 2.60. The molecule has 0 aliphatic heterocycles. The van der Waals surface area contributed by atoms with Gasteiger partial charge in [0.2, 0.25) is 0 Å². The molecule has 0 aliphatic carbocycles. The maximum atomic E-state index is 11.4. The Morgan fingerprint density at radius 1 is 1.40 bits per heavy atom. The van der Waals surface area contributed by atoms with Crippen molar-refractivity contribution in [1.29, 1.82) is 0 Å². The third-order valence-corrected chi connectivity index (χ3v) is 3.62. The van der Waals surface area contributed by atoms with Crippen molar-refractivity contribution in [3.05, 3.63) is 46.2 Å². The smallest absolute Gasteiger partial charge is 0.253 e. The summed E-state index contributed by atoms with van der Waals surface area (Å²) in [5, 5.41) is 3.89. The van der Waals surface area contributed by atoms with Crippen molar-refractivity contribution >= 4 is 17.6 Å². The molecule has 0 radical (unpaired) electrons. The summed E-state index contributed by atoms with van der Waals surface area (Å²) in [6.07, 6.45) is 0. The van der Waals surface area contributed by atoms with Gasteiger partial charge in [-0.15, -0.1) is 0 Å². The van der Waals surface area contributed by atoms with Gasteiger partial charge in [0.1, 0.15) is 5.82 Å².